The van der Waals surface area contributed by atoms with E-state index in [1.165, 1.54) is 0 Å². The minimum absolute atomic E-state index is 0.362. The van der Waals surface area contributed by atoms with Gasteiger partial charge in [0.05, 0.1) is 22.6 Å². The highest BCUT2D eigenvalue weighted by Crippen LogP contribution is 2.36. The van der Waals surface area contributed by atoms with Gasteiger partial charge in [-0.25, -0.2) is 0 Å². The molecule has 6 heteroatoms. The Hall–Kier alpha value is -0.525. The first-order valence-corrected chi connectivity index (χ1v) is 7.48. The predicted molar refractivity (Wildman–Crippen MR) is 77.5 cm³/mol. The highest BCUT2D eigenvalue weighted by Gasteiger charge is 2.52. The van der Waals surface area contributed by atoms with Crippen molar-refractivity contribution in [1.82, 2.24) is 0 Å². The van der Waals surface area contributed by atoms with Gasteiger partial charge in [0.1, 0.15) is 0 Å². The third kappa shape index (κ3) is 2.69. The highest BCUT2D eigenvalue weighted by molar-refractivity contribution is 7.89. The van der Waals surface area contributed by atoms with Crippen LogP contribution in [0.1, 0.15) is 33.3 Å². The molecule has 2 N–H and O–H groups in total. The van der Waals surface area contributed by atoms with E-state index in [4.69, 9.17) is 14.4 Å². The van der Waals surface area contributed by atoms with Crippen molar-refractivity contribution in [3.8, 4) is 0 Å². The summed E-state index contributed by atoms with van der Waals surface area (Å²) in [6.07, 6.45) is 0. The molecule has 1 atom stereocenters. The number of hydrogen-bond donors (Lipinski definition) is 1. The van der Waals surface area contributed by atoms with Gasteiger partial charge in [0.15, 0.2) is 4.90 Å². The summed E-state index contributed by atoms with van der Waals surface area (Å²) in [7, 11) is -0.398. The van der Waals surface area contributed by atoms with Gasteiger partial charge in [-0.1, -0.05) is 6.07 Å². The summed E-state index contributed by atoms with van der Waals surface area (Å²) in [6.45, 7) is 10.0. The average molecular weight is 281 g/mol. The predicted octanol–water partition coefficient (Wildman–Crippen LogP) is 1.28. The molecule has 1 aromatic carbocycles. The first kappa shape index (κ1) is 14.9. The van der Waals surface area contributed by atoms with Crippen LogP contribution in [0.25, 0.3) is 0 Å². The third-order valence-corrected chi connectivity index (χ3v) is 4.70. The first-order chi connectivity index (χ1) is 8.64. The van der Waals surface area contributed by atoms with Gasteiger partial charge < -0.3 is 13.9 Å². The number of nitrogens with two attached hydrogens (primary N) is 1. The smallest absolute Gasteiger partial charge is 0.495 e. The minimum atomic E-state index is -1.46. The Morgan fingerprint density at radius 2 is 1.68 bits per heavy atom. The third-order valence-electron chi connectivity index (χ3n) is 3.98. The van der Waals surface area contributed by atoms with Crippen LogP contribution in [0, 0.1) is 6.92 Å². The molecule has 0 radical (unpaired) electrons. The molecule has 0 bridgehead atoms. The van der Waals surface area contributed by atoms with Crippen molar-refractivity contribution in [3.63, 3.8) is 0 Å². The van der Waals surface area contributed by atoms with Crippen molar-refractivity contribution in [3.05, 3.63) is 23.8 Å². The Labute approximate surface area is 118 Å². The molecular formula is C13H20BNO3S. The van der Waals surface area contributed by atoms with Gasteiger partial charge in [-0.3, -0.25) is 0 Å². The largest absolute Gasteiger partial charge is 0.593 e. The Bertz CT molecular complexity index is 475. The molecule has 1 aromatic rings. The molecule has 0 amide bonds. The van der Waals surface area contributed by atoms with Crippen molar-refractivity contribution in [1.29, 1.82) is 0 Å². The van der Waals surface area contributed by atoms with Crippen LogP contribution in [0.5, 0.6) is 0 Å². The van der Waals surface area contributed by atoms with Crippen LogP contribution in [0.4, 0.5) is 0 Å². The molecule has 0 aliphatic carbocycles. The number of benzene rings is 1. The minimum Gasteiger partial charge on any atom is -0.593 e. The van der Waals surface area contributed by atoms with Gasteiger partial charge >= 0.3 is 7.12 Å². The molecule has 0 saturated carbocycles. The van der Waals surface area contributed by atoms with Gasteiger partial charge in [-0.2, -0.15) is 0 Å². The Kier molecular flexibility index (Phi) is 3.75. The molecule has 104 valence electrons. The summed E-state index contributed by atoms with van der Waals surface area (Å²) in [4.78, 5) is 0.609. The number of hydrogen-bond acceptors (Lipinski definition) is 4. The fourth-order valence-electron chi connectivity index (χ4n) is 2.01. The van der Waals surface area contributed by atoms with Crippen molar-refractivity contribution in [2.45, 2.75) is 50.7 Å². The van der Waals surface area contributed by atoms with Crippen LogP contribution in [0.3, 0.4) is 0 Å². The molecule has 1 unspecified atom stereocenters. The van der Waals surface area contributed by atoms with E-state index < -0.39 is 18.5 Å². The van der Waals surface area contributed by atoms with Gasteiger partial charge in [0, 0.05) is 0 Å². The van der Waals surface area contributed by atoms with Crippen LogP contribution >= 0.6 is 0 Å². The molecule has 0 aromatic heterocycles. The van der Waals surface area contributed by atoms with Crippen LogP contribution in [-0.2, 0) is 20.7 Å². The normalized spacial score (nSPS) is 22.6. The number of aryl methyl sites for hydroxylation is 1. The average Bonchev–Trinajstić information content (AvgIpc) is 2.47. The first-order valence-electron chi connectivity index (χ1n) is 6.26. The van der Waals surface area contributed by atoms with Crippen LogP contribution in [0.15, 0.2) is 23.1 Å². The molecule has 19 heavy (non-hydrogen) atoms. The maximum atomic E-state index is 11.3. The van der Waals surface area contributed by atoms with E-state index in [2.05, 4.69) is 0 Å². The molecule has 1 heterocycles. The molecule has 2 rings (SSSR count). The van der Waals surface area contributed by atoms with Gasteiger partial charge in [0.25, 0.3) is 0 Å². The molecule has 1 fully saturated rings. The number of rotatable bonds is 2. The summed E-state index contributed by atoms with van der Waals surface area (Å²) >= 11 is -1.46. The Balaban J connectivity index is 2.30. The fourth-order valence-corrected chi connectivity index (χ4v) is 2.50. The highest BCUT2D eigenvalue weighted by atomic mass is 32.2. The second kappa shape index (κ2) is 4.79. The summed E-state index contributed by atoms with van der Waals surface area (Å²) in [5, 5.41) is 5.38. The molecular weight excluding hydrogens is 261 g/mol. The van der Waals surface area contributed by atoms with Crippen molar-refractivity contribution in [2.75, 3.05) is 0 Å². The van der Waals surface area contributed by atoms with Gasteiger partial charge in [-0.05, 0) is 57.8 Å². The van der Waals surface area contributed by atoms with E-state index in [-0.39, 0.29) is 11.2 Å². The van der Waals surface area contributed by atoms with Crippen molar-refractivity contribution in [2.24, 2.45) is 5.14 Å². The van der Waals surface area contributed by atoms with Crippen LogP contribution in [0.2, 0.25) is 0 Å². The summed E-state index contributed by atoms with van der Waals surface area (Å²) < 4.78 is 23.3. The molecule has 0 spiro atoms. The molecule has 1 saturated heterocycles. The molecule has 1 aliphatic heterocycles. The maximum Gasteiger partial charge on any atom is 0.495 e. The Morgan fingerprint density at radius 3 is 2.11 bits per heavy atom. The van der Waals surface area contributed by atoms with Gasteiger partial charge in [-0.15, -0.1) is 5.14 Å². The fraction of sp³-hybridized carbons (Fsp3) is 0.538. The monoisotopic (exact) mass is 281 g/mol. The molecule has 4 nitrogen and oxygen atoms in total. The maximum absolute atomic E-state index is 11.3. The van der Waals surface area contributed by atoms with E-state index >= 15 is 0 Å². The molecule has 1 aliphatic rings. The second-order valence-corrected chi connectivity index (χ2v) is 6.97. The second-order valence-electron chi connectivity index (χ2n) is 5.90. The summed E-state index contributed by atoms with van der Waals surface area (Å²) in [5.41, 5.74) is 1.20. The zero-order valence-corrected chi connectivity index (χ0v) is 12.8. The van der Waals surface area contributed by atoms with Gasteiger partial charge in [0.2, 0.25) is 0 Å². The van der Waals surface area contributed by atoms with E-state index in [1.807, 2.05) is 46.8 Å². The Morgan fingerprint density at radius 1 is 1.16 bits per heavy atom. The lowest BCUT2D eigenvalue weighted by atomic mass is 9.76. The lowest BCUT2D eigenvalue weighted by molar-refractivity contribution is 0.00578. The standard InChI is InChI=1S/C13H20BNO3S/c1-9-8-10(19(15)16)6-7-11(9)14-17-12(2,3)13(4,5)18-14/h6-8H,15H2,1-5H3. The van der Waals surface area contributed by atoms with E-state index in [0.717, 1.165) is 11.0 Å². The van der Waals surface area contributed by atoms with Crippen LogP contribution < -0.4 is 10.6 Å². The lowest BCUT2D eigenvalue weighted by Crippen LogP contribution is -2.41. The SMILES string of the molecule is Cc1cc([S+](N)[O-])ccc1B1OC(C)(C)C(C)(C)O1. The van der Waals surface area contributed by atoms with Crippen LogP contribution in [-0.4, -0.2) is 22.9 Å². The quantitative estimate of drug-likeness (QED) is 0.655. The van der Waals surface area contributed by atoms with E-state index in [0.29, 0.717) is 4.90 Å². The van der Waals surface area contributed by atoms with Crippen molar-refractivity contribution >= 4 is 23.9 Å². The summed E-state index contributed by atoms with van der Waals surface area (Å²) in [6, 6.07) is 5.44. The summed E-state index contributed by atoms with van der Waals surface area (Å²) in [5.74, 6) is 0. The van der Waals surface area contributed by atoms with E-state index in [1.54, 1.807) is 6.07 Å². The lowest BCUT2D eigenvalue weighted by Gasteiger charge is -2.32. The topological polar surface area (TPSA) is 67.5 Å². The van der Waals surface area contributed by atoms with E-state index in [9.17, 15) is 4.55 Å². The zero-order chi connectivity index (χ0) is 14.4. The van der Waals surface area contributed by atoms with Crippen molar-refractivity contribution < 1.29 is 13.9 Å². The zero-order valence-electron chi connectivity index (χ0n) is 12.0.